The van der Waals surface area contributed by atoms with E-state index in [1.165, 1.54) is 0 Å². The van der Waals surface area contributed by atoms with Crippen LogP contribution in [0.4, 0.5) is 0 Å². The van der Waals surface area contributed by atoms with E-state index in [4.69, 9.17) is 25.1 Å². The standard InChI is InChI=1S/C76H50N4O2.Pt/c1-76(2,3)53-38-39-77-73(44-53)80-68-30-14-12-26-61(68)62-36-34-56(46-69(62)80)81-55-23-16-22-54(45-55)78-47-79-74-57(49-20-8-5-9-21-49)28-17-29-64(74)65-40-50(48-18-6-4-7-19-48)32-35-60(65)58-24-10-11-25-59(58)67-42-52(43-70(78)75(67)79)51-33-37-72-66(41-51)63-27-13-15-31-71(63)82-72;/h4-44H,1-3H3;/q-2;/i4D,5D,6D,7D,8D,9D,18D,19D,20D,21D;. The van der Waals surface area contributed by atoms with Crippen LogP contribution in [0.3, 0.4) is 0 Å². The monoisotopic (exact) mass is 1260 g/mol. The van der Waals surface area contributed by atoms with Crippen molar-refractivity contribution in [1.82, 2.24) is 14.1 Å². The summed E-state index contributed by atoms with van der Waals surface area (Å²) in [6, 6.07) is 61.7. The van der Waals surface area contributed by atoms with Gasteiger partial charge in [0.2, 0.25) is 0 Å². The maximum Gasteiger partial charge on any atom is 0.268 e. The van der Waals surface area contributed by atoms with Crippen molar-refractivity contribution in [2.24, 2.45) is 0 Å². The number of hydrogen-bond donors (Lipinski definition) is 0. The Hall–Kier alpha value is -9.87. The third-order valence-corrected chi connectivity index (χ3v) is 15.7. The minimum Gasteiger partial charge on any atom is -0.510 e. The van der Waals surface area contributed by atoms with Crippen LogP contribution < -0.4 is 9.30 Å². The van der Waals surface area contributed by atoms with E-state index in [1.54, 1.807) is 18.2 Å². The Kier molecular flexibility index (Phi) is 9.57. The van der Waals surface area contributed by atoms with Gasteiger partial charge in [-0.05, 0) is 137 Å². The normalized spacial score (nSPS) is 13.6. The third-order valence-electron chi connectivity index (χ3n) is 15.7. The molecular formula is C76H50N4O2Pt-2. The number of pyridine rings is 1. The minimum absolute atomic E-state index is 0. The molecule has 0 saturated carbocycles. The number of furan rings is 1. The average molecular weight is 1260 g/mol. The number of fused-ring (bicyclic) bond motifs is 13. The fraction of sp³-hybridized carbons (Fsp3) is 0.0526. The van der Waals surface area contributed by atoms with Gasteiger partial charge in [-0.3, -0.25) is 4.57 Å². The van der Waals surface area contributed by atoms with E-state index in [0.717, 1.165) is 82.9 Å². The smallest absolute Gasteiger partial charge is 0.268 e. The predicted molar refractivity (Wildman–Crippen MR) is 332 cm³/mol. The molecule has 0 amide bonds. The summed E-state index contributed by atoms with van der Waals surface area (Å²) in [5, 5.41) is 3.91. The second-order valence-electron chi connectivity index (χ2n) is 21.6. The molecule has 0 spiro atoms. The van der Waals surface area contributed by atoms with E-state index in [0.29, 0.717) is 56.2 Å². The van der Waals surface area contributed by atoms with Crippen LogP contribution >= 0.6 is 0 Å². The van der Waals surface area contributed by atoms with Crippen molar-refractivity contribution in [2.45, 2.75) is 26.2 Å². The fourth-order valence-electron chi connectivity index (χ4n) is 11.9. The van der Waals surface area contributed by atoms with E-state index in [-0.39, 0.29) is 55.3 Å². The molecule has 5 heterocycles. The summed E-state index contributed by atoms with van der Waals surface area (Å²) in [7, 11) is 0. The molecule has 0 radical (unpaired) electrons. The largest absolute Gasteiger partial charge is 0.510 e. The first-order valence-corrected chi connectivity index (χ1v) is 27.0. The maximum absolute atomic E-state index is 9.53. The average Bonchev–Trinajstić information content (AvgIpc) is 1.61. The van der Waals surface area contributed by atoms with E-state index in [2.05, 4.69) is 80.2 Å². The third kappa shape index (κ3) is 8.35. The molecule has 0 N–H and O–H groups in total. The first-order chi connectivity index (χ1) is 44.4. The van der Waals surface area contributed by atoms with Crippen LogP contribution in [0.5, 0.6) is 11.5 Å². The quantitative estimate of drug-likeness (QED) is 0.118. The van der Waals surface area contributed by atoms with Crippen molar-refractivity contribution in [3.63, 3.8) is 0 Å². The zero-order valence-corrected chi connectivity index (χ0v) is 47.1. The molecule has 1 aliphatic rings. The molecule has 16 rings (SSSR count). The summed E-state index contributed by atoms with van der Waals surface area (Å²) in [6.07, 6.45) is 5.61. The molecule has 11 aromatic carbocycles. The Morgan fingerprint density at radius 1 is 0.494 bits per heavy atom. The van der Waals surface area contributed by atoms with Crippen LogP contribution in [0.25, 0.3) is 139 Å². The Balaban J connectivity index is 0.00000716. The van der Waals surface area contributed by atoms with Gasteiger partial charge in [-0.2, -0.15) is 18.2 Å². The van der Waals surface area contributed by atoms with Crippen LogP contribution in [0.1, 0.15) is 40.0 Å². The molecule has 398 valence electrons. The van der Waals surface area contributed by atoms with Gasteiger partial charge in [0.25, 0.3) is 6.33 Å². The number of aromatic nitrogens is 4. The Bertz CT molecular complexity index is 5650. The summed E-state index contributed by atoms with van der Waals surface area (Å²) < 4.78 is 109. The fourth-order valence-corrected chi connectivity index (χ4v) is 11.9. The van der Waals surface area contributed by atoms with E-state index >= 15 is 0 Å². The molecular weight excluding hydrogens is 1200 g/mol. The molecule has 0 aliphatic carbocycles. The first kappa shape index (κ1) is 40.3. The Morgan fingerprint density at radius 2 is 1.16 bits per heavy atom. The predicted octanol–water partition coefficient (Wildman–Crippen LogP) is 19.1. The summed E-state index contributed by atoms with van der Waals surface area (Å²) >= 11 is 0. The molecule has 15 aromatic rings. The SMILES string of the molecule is [2H]c1c([2H])c([2H])c(-c2ccc3c(c2)-c2cccc(-c4c([2H])c([2H])c([2H])c([2H])c4[2H])c2-[n+]2[c-]n(-c4[c-]c(Oc5[c-]c6c(cc5)c5ccccc5n6-c5cc(C(C)(C)C)ccn5)ccc4)c4cc(-c5ccc6oc7ccccc7c6c5)cc(c42)-c2ccccc2-3)c([2H])c1[2H].[Pt]. The van der Waals surface area contributed by atoms with Gasteiger partial charge in [0.1, 0.15) is 17.0 Å². The van der Waals surface area contributed by atoms with Crippen molar-refractivity contribution in [3.8, 4) is 95.5 Å². The molecule has 4 aromatic heterocycles. The minimum atomic E-state index is -0.545. The molecule has 0 atom stereocenters. The van der Waals surface area contributed by atoms with Crippen LogP contribution in [-0.4, -0.2) is 14.1 Å². The van der Waals surface area contributed by atoms with Gasteiger partial charge < -0.3 is 18.3 Å². The van der Waals surface area contributed by atoms with Gasteiger partial charge in [-0.15, -0.1) is 29.7 Å². The van der Waals surface area contributed by atoms with Gasteiger partial charge in [0, 0.05) is 55.1 Å². The topological polar surface area (TPSA) is 49.0 Å². The molecule has 1 aliphatic heterocycles. The molecule has 0 fully saturated rings. The molecule has 7 heteroatoms. The number of hydrogen-bond acceptors (Lipinski definition) is 3. The number of rotatable bonds is 7. The molecule has 0 bridgehead atoms. The molecule has 0 unspecified atom stereocenters. The van der Waals surface area contributed by atoms with Crippen molar-refractivity contribution >= 4 is 54.8 Å². The van der Waals surface area contributed by atoms with Crippen molar-refractivity contribution in [1.29, 1.82) is 0 Å². The van der Waals surface area contributed by atoms with E-state index in [9.17, 15) is 2.74 Å². The van der Waals surface area contributed by atoms with Crippen molar-refractivity contribution in [3.05, 3.63) is 273 Å². The zero-order valence-electron chi connectivity index (χ0n) is 54.8. The van der Waals surface area contributed by atoms with Gasteiger partial charge >= 0.3 is 0 Å². The van der Waals surface area contributed by atoms with E-state index < -0.39 is 48.3 Å². The van der Waals surface area contributed by atoms with Gasteiger partial charge in [-0.25, -0.2) is 4.98 Å². The molecule has 83 heavy (non-hydrogen) atoms. The van der Waals surface area contributed by atoms with Crippen LogP contribution in [0.15, 0.2) is 253 Å². The summed E-state index contributed by atoms with van der Waals surface area (Å²) in [6.45, 7) is 6.54. The number of benzene rings is 11. The molecule has 0 saturated heterocycles. The number of nitrogens with zero attached hydrogens (tertiary/aromatic N) is 4. The summed E-state index contributed by atoms with van der Waals surface area (Å²) in [4.78, 5) is 4.88. The van der Waals surface area contributed by atoms with E-state index in [1.807, 2.05) is 143 Å². The van der Waals surface area contributed by atoms with Gasteiger partial charge in [-0.1, -0.05) is 190 Å². The second kappa shape index (κ2) is 19.7. The Labute approximate surface area is 509 Å². The van der Waals surface area contributed by atoms with Gasteiger partial charge in [0.15, 0.2) is 0 Å². The van der Waals surface area contributed by atoms with Crippen LogP contribution in [0.2, 0.25) is 0 Å². The zero-order chi connectivity index (χ0) is 63.3. The number of para-hydroxylation sites is 3. The Morgan fingerprint density at radius 3 is 1.99 bits per heavy atom. The van der Waals surface area contributed by atoms with Crippen molar-refractivity contribution in [2.75, 3.05) is 0 Å². The maximum atomic E-state index is 9.53. The number of imidazole rings is 1. The van der Waals surface area contributed by atoms with Crippen LogP contribution in [0, 0.1) is 18.5 Å². The molecule has 6 nitrogen and oxygen atoms in total. The van der Waals surface area contributed by atoms with Crippen LogP contribution in [-0.2, 0) is 26.5 Å². The first-order valence-electron chi connectivity index (χ1n) is 32.0. The summed E-state index contributed by atoms with van der Waals surface area (Å²) in [5.41, 5.74) is 12.8. The van der Waals surface area contributed by atoms with Crippen molar-refractivity contribution < 1.29 is 48.5 Å². The second-order valence-corrected chi connectivity index (χ2v) is 21.6. The van der Waals surface area contributed by atoms with Gasteiger partial charge in [0.05, 0.1) is 30.4 Å². The number of ether oxygens (including phenoxy) is 1. The summed E-state index contributed by atoms with van der Waals surface area (Å²) in [5.74, 6) is 1.55.